The van der Waals surface area contributed by atoms with Gasteiger partial charge in [0.2, 0.25) is 5.95 Å². The molecular formula is C17H29N3. The van der Waals surface area contributed by atoms with Crippen LogP contribution >= 0.6 is 0 Å². The fourth-order valence-electron chi connectivity index (χ4n) is 3.14. The van der Waals surface area contributed by atoms with Crippen LogP contribution in [0.4, 0.5) is 5.95 Å². The highest BCUT2D eigenvalue weighted by atomic mass is 15.1. The molecule has 1 aliphatic rings. The predicted octanol–water partition coefficient (Wildman–Crippen LogP) is 4.68. The zero-order valence-electron chi connectivity index (χ0n) is 13.4. The van der Waals surface area contributed by atoms with E-state index in [1.54, 1.807) is 0 Å². The first kappa shape index (κ1) is 15.3. The molecule has 0 spiro atoms. The molecule has 0 unspecified atom stereocenters. The lowest BCUT2D eigenvalue weighted by molar-refractivity contribution is 0.318. The average Bonchev–Trinajstić information content (AvgIpc) is 2.40. The smallest absolute Gasteiger partial charge is 0.223 e. The monoisotopic (exact) mass is 275 g/mol. The van der Waals surface area contributed by atoms with Crippen LogP contribution in [0.5, 0.6) is 0 Å². The van der Waals surface area contributed by atoms with Gasteiger partial charge in [-0.15, -0.1) is 0 Å². The van der Waals surface area contributed by atoms with E-state index in [-0.39, 0.29) is 0 Å². The second kappa shape index (κ2) is 7.05. The Bertz CT molecular complexity index is 420. The van der Waals surface area contributed by atoms with E-state index in [0.717, 1.165) is 23.3 Å². The third kappa shape index (κ3) is 4.19. The molecule has 2 rings (SSSR count). The minimum atomic E-state index is 0.456. The number of nitrogens with one attached hydrogen (secondary N) is 1. The third-order valence-corrected chi connectivity index (χ3v) is 4.34. The van der Waals surface area contributed by atoms with E-state index in [4.69, 9.17) is 0 Å². The lowest BCUT2D eigenvalue weighted by atomic mass is 9.83. The summed E-state index contributed by atoms with van der Waals surface area (Å²) < 4.78 is 0. The van der Waals surface area contributed by atoms with Gasteiger partial charge in [-0.05, 0) is 50.5 Å². The zero-order valence-corrected chi connectivity index (χ0v) is 13.4. The number of aryl methyl sites for hydroxylation is 1. The number of aromatic nitrogens is 2. The molecule has 1 aromatic rings. The SMILES string of the molecule is CCCC1CCC(Nc2nc(C)cc(C(C)C)n2)CC1. The molecule has 0 bridgehead atoms. The molecule has 112 valence electrons. The lowest BCUT2D eigenvalue weighted by Gasteiger charge is -2.29. The fourth-order valence-corrected chi connectivity index (χ4v) is 3.14. The molecule has 0 amide bonds. The molecule has 1 aliphatic carbocycles. The summed E-state index contributed by atoms with van der Waals surface area (Å²) in [5, 5.41) is 3.56. The van der Waals surface area contributed by atoms with Crippen molar-refractivity contribution in [2.24, 2.45) is 5.92 Å². The van der Waals surface area contributed by atoms with Crippen molar-refractivity contribution in [2.45, 2.75) is 78.2 Å². The van der Waals surface area contributed by atoms with Crippen molar-refractivity contribution in [2.75, 3.05) is 5.32 Å². The van der Waals surface area contributed by atoms with Crippen LogP contribution in [0.3, 0.4) is 0 Å². The molecule has 1 fully saturated rings. The van der Waals surface area contributed by atoms with Crippen LogP contribution in [0, 0.1) is 12.8 Å². The van der Waals surface area contributed by atoms with E-state index in [2.05, 4.69) is 49.0 Å². The van der Waals surface area contributed by atoms with Crippen LogP contribution in [-0.4, -0.2) is 16.0 Å². The molecule has 20 heavy (non-hydrogen) atoms. The molecule has 0 aromatic carbocycles. The highest BCUT2D eigenvalue weighted by Crippen LogP contribution is 2.29. The standard InChI is InChI=1S/C17H29N3/c1-5-6-14-7-9-15(10-8-14)19-17-18-13(4)11-16(20-17)12(2)3/h11-12,14-15H,5-10H2,1-4H3,(H,18,19,20). The number of hydrogen-bond acceptors (Lipinski definition) is 3. The summed E-state index contributed by atoms with van der Waals surface area (Å²) in [5.41, 5.74) is 2.20. The molecule has 1 heterocycles. The van der Waals surface area contributed by atoms with Gasteiger partial charge in [0.15, 0.2) is 0 Å². The second-order valence-corrected chi connectivity index (χ2v) is 6.56. The van der Waals surface area contributed by atoms with Gasteiger partial charge >= 0.3 is 0 Å². The van der Waals surface area contributed by atoms with Gasteiger partial charge in [-0.1, -0.05) is 33.6 Å². The summed E-state index contributed by atoms with van der Waals surface area (Å²) in [6.07, 6.45) is 7.95. The summed E-state index contributed by atoms with van der Waals surface area (Å²) in [6, 6.07) is 2.65. The van der Waals surface area contributed by atoms with Crippen molar-refractivity contribution >= 4 is 5.95 Å². The lowest BCUT2D eigenvalue weighted by Crippen LogP contribution is -2.27. The predicted molar refractivity (Wildman–Crippen MR) is 85.1 cm³/mol. The normalized spacial score (nSPS) is 23.1. The van der Waals surface area contributed by atoms with Gasteiger partial charge in [-0.3, -0.25) is 0 Å². The van der Waals surface area contributed by atoms with Crippen molar-refractivity contribution in [3.05, 3.63) is 17.5 Å². The van der Waals surface area contributed by atoms with Crippen molar-refractivity contribution < 1.29 is 0 Å². The van der Waals surface area contributed by atoms with E-state index >= 15 is 0 Å². The van der Waals surface area contributed by atoms with Crippen LogP contribution in [0.2, 0.25) is 0 Å². The minimum absolute atomic E-state index is 0.456. The van der Waals surface area contributed by atoms with E-state index in [1.807, 2.05) is 0 Å². The Balaban J connectivity index is 1.94. The third-order valence-electron chi connectivity index (χ3n) is 4.34. The molecule has 0 radical (unpaired) electrons. The largest absolute Gasteiger partial charge is 0.351 e. The van der Waals surface area contributed by atoms with Gasteiger partial charge < -0.3 is 5.32 Å². The van der Waals surface area contributed by atoms with Crippen LogP contribution in [0.1, 0.15) is 76.6 Å². The van der Waals surface area contributed by atoms with Crippen LogP contribution in [0.15, 0.2) is 6.07 Å². The Morgan fingerprint density at radius 2 is 1.90 bits per heavy atom. The highest BCUT2D eigenvalue weighted by molar-refractivity contribution is 5.30. The van der Waals surface area contributed by atoms with Crippen molar-refractivity contribution in [3.63, 3.8) is 0 Å². The summed E-state index contributed by atoms with van der Waals surface area (Å²) in [7, 11) is 0. The number of hydrogen-bond donors (Lipinski definition) is 1. The maximum Gasteiger partial charge on any atom is 0.223 e. The Morgan fingerprint density at radius 3 is 2.50 bits per heavy atom. The topological polar surface area (TPSA) is 37.8 Å². The Kier molecular flexibility index (Phi) is 5.38. The van der Waals surface area contributed by atoms with E-state index in [0.29, 0.717) is 12.0 Å². The molecule has 1 N–H and O–H groups in total. The van der Waals surface area contributed by atoms with E-state index in [9.17, 15) is 0 Å². The van der Waals surface area contributed by atoms with Crippen LogP contribution < -0.4 is 5.32 Å². The van der Waals surface area contributed by atoms with Crippen molar-refractivity contribution in [1.29, 1.82) is 0 Å². The van der Waals surface area contributed by atoms with Crippen molar-refractivity contribution in [3.8, 4) is 0 Å². The molecule has 0 saturated heterocycles. The Labute approximate surface area is 123 Å². The number of nitrogens with zero attached hydrogens (tertiary/aromatic N) is 2. The Hall–Kier alpha value is -1.12. The summed E-state index contributed by atoms with van der Waals surface area (Å²) in [6.45, 7) is 8.71. The van der Waals surface area contributed by atoms with E-state index in [1.165, 1.54) is 38.5 Å². The molecule has 0 atom stereocenters. The van der Waals surface area contributed by atoms with Gasteiger partial charge in [-0.2, -0.15) is 0 Å². The van der Waals surface area contributed by atoms with Gasteiger partial charge in [0, 0.05) is 17.4 Å². The maximum absolute atomic E-state index is 4.66. The molecule has 0 aliphatic heterocycles. The summed E-state index contributed by atoms with van der Waals surface area (Å²) in [4.78, 5) is 9.20. The highest BCUT2D eigenvalue weighted by Gasteiger charge is 2.21. The first-order valence-electron chi connectivity index (χ1n) is 8.20. The summed E-state index contributed by atoms with van der Waals surface area (Å²) >= 11 is 0. The average molecular weight is 275 g/mol. The molecule has 3 nitrogen and oxygen atoms in total. The first-order chi connectivity index (χ1) is 9.58. The maximum atomic E-state index is 4.66. The second-order valence-electron chi connectivity index (χ2n) is 6.56. The first-order valence-corrected chi connectivity index (χ1v) is 8.20. The van der Waals surface area contributed by atoms with Gasteiger partial charge in [0.1, 0.15) is 0 Å². The van der Waals surface area contributed by atoms with Crippen molar-refractivity contribution in [1.82, 2.24) is 9.97 Å². The van der Waals surface area contributed by atoms with Crippen LogP contribution in [-0.2, 0) is 0 Å². The van der Waals surface area contributed by atoms with Gasteiger partial charge in [0.05, 0.1) is 0 Å². The minimum Gasteiger partial charge on any atom is -0.351 e. The fraction of sp³-hybridized carbons (Fsp3) is 0.765. The molecule has 1 aromatic heterocycles. The van der Waals surface area contributed by atoms with Gasteiger partial charge in [-0.25, -0.2) is 9.97 Å². The number of anilines is 1. The zero-order chi connectivity index (χ0) is 14.5. The molecule has 3 heteroatoms. The number of rotatable bonds is 5. The van der Waals surface area contributed by atoms with Gasteiger partial charge in [0.25, 0.3) is 0 Å². The Morgan fingerprint density at radius 1 is 1.20 bits per heavy atom. The van der Waals surface area contributed by atoms with Crippen LogP contribution in [0.25, 0.3) is 0 Å². The summed E-state index contributed by atoms with van der Waals surface area (Å²) in [5.74, 6) is 2.23. The quantitative estimate of drug-likeness (QED) is 0.848. The van der Waals surface area contributed by atoms with E-state index < -0.39 is 0 Å². The molecular weight excluding hydrogens is 246 g/mol. The molecule has 1 saturated carbocycles.